The van der Waals surface area contributed by atoms with Crippen molar-refractivity contribution in [2.45, 2.75) is 11.7 Å². The molecule has 0 aromatic heterocycles. The van der Waals surface area contributed by atoms with Gasteiger partial charge >= 0.3 is 0 Å². The molecule has 0 spiro atoms. The van der Waals surface area contributed by atoms with Gasteiger partial charge in [0, 0.05) is 18.7 Å². The number of ether oxygens (including phenoxy) is 1. The van der Waals surface area contributed by atoms with E-state index in [-0.39, 0.29) is 30.3 Å². The van der Waals surface area contributed by atoms with Crippen LogP contribution in [0.15, 0.2) is 66.2 Å². The van der Waals surface area contributed by atoms with Crippen LogP contribution in [0.5, 0.6) is 5.75 Å². The number of methoxy groups -OCH3 is 1. The third-order valence-corrected chi connectivity index (χ3v) is 5.58. The summed E-state index contributed by atoms with van der Waals surface area (Å²) < 4.78 is 5.31. The maximum absolute atomic E-state index is 12.9. The van der Waals surface area contributed by atoms with Gasteiger partial charge in [-0.3, -0.25) is 14.5 Å². The molecule has 0 saturated carbocycles. The lowest BCUT2D eigenvalue weighted by Gasteiger charge is -2.14. The van der Waals surface area contributed by atoms with E-state index in [4.69, 9.17) is 4.74 Å². The van der Waals surface area contributed by atoms with Gasteiger partial charge < -0.3 is 20.0 Å². The quantitative estimate of drug-likeness (QED) is 0.633. The van der Waals surface area contributed by atoms with Crippen molar-refractivity contribution in [2.24, 2.45) is 4.99 Å². The van der Waals surface area contributed by atoms with Gasteiger partial charge in [0.2, 0.25) is 11.8 Å². The van der Waals surface area contributed by atoms with Gasteiger partial charge in [-0.1, -0.05) is 42.1 Å². The van der Waals surface area contributed by atoms with Crippen LogP contribution >= 0.6 is 11.8 Å². The molecule has 0 unspecified atom stereocenters. The summed E-state index contributed by atoms with van der Waals surface area (Å²) in [4.78, 5) is 42.2. The van der Waals surface area contributed by atoms with E-state index in [9.17, 15) is 19.5 Å². The molecule has 1 N–H and O–H groups in total. The summed E-state index contributed by atoms with van der Waals surface area (Å²) in [6.45, 7) is 3.95. The highest BCUT2D eigenvalue weighted by molar-refractivity contribution is 8.15. The molecule has 3 rings (SSSR count). The predicted octanol–water partition coefficient (Wildman–Crippen LogP) is 2.21. The normalized spacial score (nSPS) is 16.9. The minimum Gasteiger partial charge on any atom is -0.545 e. The van der Waals surface area contributed by atoms with E-state index in [1.165, 1.54) is 40.9 Å². The van der Waals surface area contributed by atoms with Crippen LogP contribution in [0.1, 0.15) is 16.8 Å². The molecule has 2 amide bonds. The van der Waals surface area contributed by atoms with Crippen LogP contribution in [0, 0.1) is 0 Å². The number of amides is 2. The lowest BCUT2D eigenvalue weighted by Crippen LogP contribution is -2.33. The molecule has 0 bridgehead atoms. The van der Waals surface area contributed by atoms with Crippen molar-refractivity contribution in [3.63, 3.8) is 0 Å². The Hall–Kier alpha value is -3.59. The number of benzene rings is 2. The summed E-state index contributed by atoms with van der Waals surface area (Å²) in [5.41, 5.74) is 1.01. The summed E-state index contributed by atoms with van der Waals surface area (Å²) in [7, 11) is 1.54. The second-order valence-electron chi connectivity index (χ2n) is 6.53. The molecule has 9 heteroatoms. The molecule has 8 nitrogen and oxygen atoms in total. The highest BCUT2D eigenvalue weighted by Gasteiger charge is 2.38. The van der Waals surface area contributed by atoms with Crippen molar-refractivity contribution in [3.05, 3.63) is 66.7 Å². The molecular weight excluding hydrogens is 418 g/mol. The van der Waals surface area contributed by atoms with Gasteiger partial charge in [0.1, 0.15) is 16.7 Å². The first-order valence-corrected chi connectivity index (χ1v) is 10.2. The van der Waals surface area contributed by atoms with E-state index in [1.807, 2.05) is 12.1 Å². The van der Waals surface area contributed by atoms with E-state index < -0.39 is 11.2 Å². The number of hydrogen-bond donors (Lipinski definition) is 1. The first kappa shape index (κ1) is 22.1. The number of aliphatic imine (C=N–C) groups is 1. The molecule has 0 radical (unpaired) electrons. The van der Waals surface area contributed by atoms with Crippen molar-refractivity contribution in [1.29, 1.82) is 0 Å². The van der Waals surface area contributed by atoms with Gasteiger partial charge in [0.15, 0.2) is 5.17 Å². The number of thioether (sulfide) groups is 1. The smallest absolute Gasteiger partial charge is 0.242 e. The lowest BCUT2D eigenvalue weighted by atomic mass is 10.2. The number of nitrogens with zero attached hydrogens (tertiary/aromatic N) is 2. The van der Waals surface area contributed by atoms with Crippen molar-refractivity contribution < 1.29 is 24.2 Å². The Labute approximate surface area is 183 Å². The Morgan fingerprint density at radius 3 is 2.61 bits per heavy atom. The summed E-state index contributed by atoms with van der Waals surface area (Å²) in [5, 5.41) is 13.3. The fourth-order valence-electron chi connectivity index (χ4n) is 2.92. The van der Waals surface area contributed by atoms with Gasteiger partial charge in [-0.15, -0.1) is 6.58 Å². The average Bonchev–Trinajstić information content (AvgIpc) is 3.03. The number of hydrogen-bond acceptors (Lipinski definition) is 7. The van der Waals surface area contributed by atoms with Gasteiger partial charge in [-0.2, -0.15) is 0 Å². The van der Waals surface area contributed by atoms with Crippen LogP contribution in [0.2, 0.25) is 0 Å². The first-order valence-electron chi connectivity index (χ1n) is 9.35. The van der Waals surface area contributed by atoms with Gasteiger partial charge in [-0.25, -0.2) is 4.99 Å². The number of amidine groups is 1. The second-order valence-corrected chi connectivity index (χ2v) is 7.70. The fourth-order valence-corrected chi connectivity index (χ4v) is 4.08. The summed E-state index contributed by atoms with van der Waals surface area (Å²) in [6.07, 6.45) is 1.53. The molecule has 2 aromatic carbocycles. The molecule has 1 fully saturated rings. The van der Waals surface area contributed by atoms with E-state index in [1.54, 1.807) is 25.3 Å². The number of aromatic carboxylic acids is 1. The SMILES string of the molecule is C=CCN1C(=O)[C@@H](CC(=O)Nc2ccc(C(=O)[O-])cc2)SC1=Nc1ccccc1OC. The number of para-hydroxylation sites is 2. The van der Waals surface area contributed by atoms with Crippen molar-refractivity contribution >= 4 is 46.1 Å². The number of nitrogens with one attached hydrogen (secondary N) is 1. The zero-order valence-corrected chi connectivity index (χ0v) is 17.6. The largest absolute Gasteiger partial charge is 0.545 e. The Bertz CT molecular complexity index is 1040. The van der Waals surface area contributed by atoms with E-state index in [0.29, 0.717) is 22.3 Å². The molecule has 1 aliphatic heterocycles. The van der Waals surface area contributed by atoms with Crippen LogP contribution in [0.3, 0.4) is 0 Å². The monoisotopic (exact) mass is 438 g/mol. The zero-order chi connectivity index (χ0) is 22.4. The van der Waals surface area contributed by atoms with Crippen molar-refractivity contribution in [3.8, 4) is 5.75 Å². The van der Waals surface area contributed by atoms with E-state index in [2.05, 4.69) is 16.9 Å². The maximum Gasteiger partial charge on any atom is 0.242 e. The highest BCUT2D eigenvalue weighted by Crippen LogP contribution is 2.34. The summed E-state index contributed by atoms with van der Waals surface area (Å²) in [6, 6.07) is 12.8. The molecule has 0 aliphatic carbocycles. The molecule has 1 heterocycles. The summed E-state index contributed by atoms with van der Waals surface area (Å²) >= 11 is 1.20. The van der Waals surface area contributed by atoms with Crippen LogP contribution in [0.25, 0.3) is 0 Å². The number of carboxylic acids is 1. The molecule has 1 saturated heterocycles. The third kappa shape index (κ3) is 5.32. The Morgan fingerprint density at radius 1 is 1.26 bits per heavy atom. The molecule has 31 heavy (non-hydrogen) atoms. The fraction of sp³-hybridized carbons (Fsp3) is 0.182. The summed E-state index contributed by atoms with van der Waals surface area (Å²) in [5.74, 6) is -1.33. The van der Waals surface area contributed by atoms with E-state index >= 15 is 0 Å². The number of carbonyl (C=O) groups is 3. The minimum atomic E-state index is -1.30. The van der Waals surface area contributed by atoms with Gasteiger partial charge in [-0.05, 0) is 29.8 Å². The Kier molecular flexibility index (Phi) is 7.09. The third-order valence-electron chi connectivity index (χ3n) is 4.41. The Morgan fingerprint density at radius 2 is 1.97 bits per heavy atom. The lowest BCUT2D eigenvalue weighted by molar-refractivity contribution is -0.255. The second kappa shape index (κ2) is 9.94. The number of carboxylic acid groups (broad SMARTS) is 1. The number of anilines is 1. The first-order chi connectivity index (χ1) is 14.9. The van der Waals surface area contributed by atoms with Gasteiger partial charge in [0.05, 0.1) is 13.1 Å². The zero-order valence-electron chi connectivity index (χ0n) is 16.7. The number of rotatable bonds is 8. The number of carbonyl (C=O) groups excluding carboxylic acids is 3. The van der Waals surface area contributed by atoms with Crippen molar-refractivity contribution in [1.82, 2.24) is 4.90 Å². The Balaban J connectivity index is 1.73. The van der Waals surface area contributed by atoms with Crippen molar-refractivity contribution in [2.75, 3.05) is 19.0 Å². The molecular formula is C22H20N3O5S-. The van der Waals surface area contributed by atoms with Crippen LogP contribution in [-0.4, -0.2) is 46.8 Å². The molecule has 1 atom stereocenters. The minimum absolute atomic E-state index is 0.0109. The van der Waals surface area contributed by atoms with Crippen LogP contribution in [0.4, 0.5) is 11.4 Å². The topological polar surface area (TPSA) is 111 Å². The van der Waals surface area contributed by atoms with E-state index in [0.717, 1.165) is 0 Å². The molecule has 160 valence electrons. The molecule has 1 aliphatic rings. The average molecular weight is 438 g/mol. The standard InChI is InChI=1S/C22H21N3O5S/c1-3-12-25-20(27)18(31-22(25)24-16-6-4-5-7-17(16)30-2)13-19(26)23-15-10-8-14(9-11-15)21(28)29/h3-11,18H,1,12-13H2,2H3,(H,23,26)(H,28,29)/p-1/t18-/m1/s1. The predicted molar refractivity (Wildman–Crippen MR) is 117 cm³/mol. The maximum atomic E-state index is 12.9. The molecule has 2 aromatic rings. The highest BCUT2D eigenvalue weighted by atomic mass is 32.2. The van der Waals surface area contributed by atoms with Crippen LogP contribution < -0.4 is 15.2 Å². The van der Waals surface area contributed by atoms with Gasteiger partial charge in [0.25, 0.3) is 0 Å². The van der Waals surface area contributed by atoms with Crippen LogP contribution in [-0.2, 0) is 9.59 Å².